The van der Waals surface area contributed by atoms with E-state index in [9.17, 15) is 14.7 Å². The summed E-state index contributed by atoms with van der Waals surface area (Å²) in [4.78, 5) is 27.2. The van der Waals surface area contributed by atoms with Gasteiger partial charge >= 0.3 is 0 Å². The van der Waals surface area contributed by atoms with Gasteiger partial charge in [-0.15, -0.1) is 0 Å². The molecule has 0 aliphatic heterocycles. The number of carbonyl (C=O) groups is 2. The molecule has 46 heavy (non-hydrogen) atoms. The Morgan fingerprint density at radius 3 is 2.28 bits per heavy atom. The first-order valence-electron chi connectivity index (χ1n) is 16.4. The molecular formula is C38H47N3O5. The van der Waals surface area contributed by atoms with Gasteiger partial charge in [0.05, 0.1) is 20.3 Å². The van der Waals surface area contributed by atoms with E-state index in [1.54, 1.807) is 27.2 Å². The third-order valence-corrected chi connectivity index (χ3v) is 9.74. The molecule has 2 aliphatic carbocycles. The third kappa shape index (κ3) is 8.42. The highest BCUT2D eigenvalue weighted by Gasteiger charge is 2.29. The number of Topliss-reactive ketones (excluding diaryl/α,β-unsaturated/α-hetero) is 1. The van der Waals surface area contributed by atoms with Crippen molar-refractivity contribution >= 4 is 17.4 Å². The van der Waals surface area contributed by atoms with E-state index in [4.69, 9.17) is 14.9 Å². The lowest BCUT2D eigenvalue weighted by molar-refractivity contribution is -0.121. The first kappa shape index (κ1) is 33.4. The maximum Gasteiger partial charge on any atom is 0.251 e. The number of amides is 1. The smallest absolute Gasteiger partial charge is 0.251 e. The Morgan fingerprint density at radius 1 is 0.935 bits per heavy atom. The molecule has 5 rings (SSSR count). The average molecular weight is 626 g/mol. The van der Waals surface area contributed by atoms with Gasteiger partial charge in [-0.25, -0.2) is 0 Å². The molecular weight excluding hydrogens is 578 g/mol. The van der Waals surface area contributed by atoms with Crippen LogP contribution in [0.3, 0.4) is 0 Å². The Morgan fingerprint density at radius 2 is 1.63 bits per heavy atom. The minimum absolute atomic E-state index is 0.119. The number of nitrogens with zero attached hydrogens (tertiary/aromatic N) is 1. The standard InChI is InChI=1S/C38H47N3O5/c1-25(42)27-11-13-28(14-12-27)36(39)18-26-7-6-10-31(17-26)38(44)40-22-34(43)24-41(33-19-29-8-4-5-9-30(29)20-33)23-32-15-16-35(45-2)21-37(32)46-3/h4-10,15-17,21,27-28,33-34,39,43H,11-14,18-20,22-24H2,1-3H3,(H,40,44)/t27?,28?,34-/m1/s1. The summed E-state index contributed by atoms with van der Waals surface area (Å²) in [5.74, 6) is 1.80. The SMILES string of the molecule is COc1ccc(CN(C[C@H](O)CNC(=O)c2cccc(CC(=N)C3CCC(C(C)=O)CC3)c2)C2Cc3ccccc3C2)c(OC)c1. The van der Waals surface area contributed by atoms with Crippen molar-refractivity contribution in [3.8, 4) is 11.5 Å². The van der Waals surface area contributed by atoms with Crippen LogP contribution in [0.2, 0.25) is 0 Å². The van der Waals surface area contributed by atoms with Crippen LogP contribution in [-0.2, 0) is 30.6 Å². The van der Waals surface area contributed by atoms with E-state index < -0.39 is 6.10 Å². The number of aliphatic hydroxyl groups excluding tert-OH is 1. The number of nitrogens with one attached hydrogen (secondary N) is 2. The van der Waals surface area contributed by atoms with Crippen LogP contribution in [0.25, 0.3) is 0 Å². The average Bonchev–Trinajstić information content (AvgIpc) is 3.51. The fraction of sp³-hybridized carbons (Fsp3) is 0.447. The number of rotatable bonds is 14. The van der Waals surface area contributed by atoms with Crippen LogP contribution in [0.1, 0.15) is 65.2 Å². The predicted molar refractivity (Wildman–Crippen MR) is 180 cm³/mol. The molecule has 0 unspecified atom stereocenters. The van der Waals surface area contributed by atoms with Gasteiger partial charge in [0, 0.05) is 60.9 Å². The number of aliphatic hydroxyl groups is 1. The fourth-order valence-electron chi connectivity index (χ4n) is 7.02. The largest absolute Gasteiger partial charge is 0.497 e. The van der Waals surface area contributed by atoms with Crippen LogP contribution in [0.4, 0.5) is 0 Å². The molecule has 3 aromatic carbocycles. The molecule has 0 saturated heterocycles. The normalized spacial score (nSPS) is 18.5. The summed E-state index contributed by atoms with van der Waals surface area (Å²) in [6.07, 6.45) is 4.96. The minimum Gasteiger partial charge on any atom is -0.497 e. The Kier molecular flexibility index (Phi) is 11.3. The van der Waals surface area contributed by atoms with E-state index in [-0.39, 0.29) is 36.1 Å². The van der Waals surface area contributed by atoms with Crippen LogP contribution in [0.5, 0.6) is 11.5 Å². The number of ketones is 1. The van der Waals surface area contributed by atoms with Crippen molar-refractivity contribution in [1.82, 2.24) is 10.2 Å². The Bertz CT molecular complexity index is 1510. The number of carbonyl (C=O) groups excluding carboxylic acids is 2. The fourth-order valence-corrected chi connectivity index (χ4v) is 7.02. The first-order chi connectivity index (χ1) is 22.2. The molecule has 1 atom stereocenters. The van der Waals surface area contributed by atoms with Gasteiger partial charge in [0.1, 0.15) is 17.3 Å². The molecule has 1 fully saturated rings. The van der Waals surface area contributed by atoms with Crippen LogP contribution in [0, 0.1) is 17.2 Å². The highest BCUT2D eigenvalue weighted by Crippen LogP contribution is 2.32. The maximum atomic E-state index is 13.2. The Hall–Kier alpha value is -4.01. The molecule has 3 N–H and O–H groups in total. The Labute approximate surface area is 272 Å². The number of fused-ring (bicyclic) bond motifs is 1. The molecule has 8 heteroatoms. The number of ether oxygens (including phenoxy) is 2. The van der Waals surface area contributed by atoms with Crippen molar-refractivity contribution in [2.75, 3.05) is 27.3 Å². The van der Waals surface area contributed by atoms with Gasteiger partial charge in [-0.2, -0.15) is 0 Å². The monoisotopic (exact) mass is 625 g/mol. The van der Waals surface area contributed by atoms with Crippen molar-refractivity contribution in [3.63, 3.8) is 0 Å². The molecule has 1 saturated carbocycles. The van der Waals surface area contributed by atoms with Crippen molar-refractivity contribution in [2.45, 2.75) is 70.6 Å². The van der Waals surface area contributed by atoms with E-state index in [1.165, 1.54) is 11.1 Å². The second kappa shape index (κ2) is 15.5. The summed E-state index contributed by atoms with van der Waals surface area (Å²) in [7, 11) is 3.28. The predicted octanol–water partition coefficient (Wildman–Crippen LogP) is 5.42. The number of hydrogen-bond donors (Lipinski definition) is 3. The highest BCUT2D eigenvalue weighted by molar-refractivity contribution is 5.95. The lowest BCUT2D eigenvalue weighted by Gasteiger charge is -2.31. The third-order valence-electron chi connectivity index (χ3n) is 9.74. The summed E-state index contributed by atoms with van der Waals surface area (Å²) in [6, 6.07) is 21.9. The molecule has 244 valence electrons. The summed E-state index contributed by atoms with van der Waals surface area (Å²) in [6.45, 7) is 2.75. The summed E-state index contributed by atoms with van der Waals surface area (Å²) in [5, 5.41) is 22.8. The molecule has 8 nitrogen and oxygen atoms in total. The molecule has 1 amide bonds. The lowest BCUT2D eigenvalue weighted by atomic mass is 9.77. The van der Waals surface area contributed by atoms with Gasteiger partial charge in [0.15, 0.2) is 0 Å². The quantitative estimate of drug-likeness (QED) is 0.206. The minimum atomic E-state index is -0.779. The van der Waals surface area contributed by atoms with Crippen molar-refractivity contribution in [3.05, 3.63) is 94.5 Å². The van der Waals surface area contributed by atoms with E-state index >= 15 is 0 Å². The van der Waals surface area contributed by atoms with Crippen molar-refractivity contribution in [1.29, 1.82) is 5.41 Å². The second-order valence-corrected chi connectivity index (χ2v) is 12.9. The van der Waals surface area contributed by atoms with E-state index in [2.05, 4.69) is 34.5 Å². The van der Waals surface area contributed by atoms with E-state index in [1.807, 2.05) is 36.4 Å². The van der Waals surface area contributed by atoms with Gasteiger partial charge in [0.25, 0.3) is 5.91 Å². The molecule has 0 bridgehead atoms. The maximum absolute atomic E-state index is 13.2. The zero-order valence-corrected chi connectivity index (χ0v) is 27.3. The van der Waals surface area contributed by atoms with Gasteiger partial charge in [0.2, 0.25) is 0 Å². The van der Waals surface area contributed by atoms with Crippen LogP contribution < -0.4 is 14.8 Å². The topological polar surface area (TPSA) is 112 Å². The van der Waals surface area contributed by atoms with Crippen molar-refractivity contribution in [2.24, 2.45) is 11.8 Å². The van der Waals surface area contributed by atoms with Crippen LogP contribution in [-0.4, -0.2) is 66.9 Å². The zero-order chi connectivity index (χ0) is 32.6. The van der Waals surface area contributed by atoms with Gasteiger partial charge in [-0.05, 0) is 86.3 Å². The summed E-state index contributed by atoms with van der Waals surface area (Å²) >= 11 is 0. The lowest BCUT2D eigenvalue weighted by Crippen LogP contribution is -2.44. The van der Waals surface area contributed by atoms with Crippen molar-refractivity contribution < 1.29 is 24.2 Å². The molecule has 0 heterocycles. The molecule has 0 aromatic heterocycles. The molecule has 3 aromatic rings. The van der Waals surface area contributed by atoms with Gasteiger partial charge in [-0.3, -0.25) is 14.5 Å². The van der Waals surface area contributed by atoms with Crippen LogP contribution >= 0.6 is 0 Å². The summed E-state index contributed by atoms with van der Waals surface area (Å²) < 4.78 is 11.1. The highest BCUT2D eigenvalue weighted by atomic mass is 16.5. The first-order valence-corrected chi connectivity index (χ1v) is 16.4. The van der Waals surface area contributed by atoms with Gasteiger partial charge < -0.3 is 25.3 Å². The van der Waals surface area contributed by atoms with E-state index in [0.717, 1.165) is 61.2 Å². The summed E-state index contributed by atoms with van der Waals surface area (Å²) in [5.41, 5.74) is 5.77. The van der Waals surface area contributed by atoms with E-state index in [0.29, 0.717) is 30.8 Å². The van der Waals surface area contributed by atoms with Gasteiger partial charge in [-0.1, -0.05) is 42.5 Å². The second-order valence-electron chi connectivity index (χ2n) is 12.9. The zero-order valence-electron chi connectivity index (χ0n) is 27.3. The number of methoxy groups -OCH3 is 2. The molecule has 0 radical (unpaired) electrons. The Balaban J connectivity index is 1.19. The number of benzene rings is 3. The number of hydrogen-bond acceptors (Lipinski definition) is 7. The molecule has 0 spiro atoms. The van der Waals surface area contributed by atoms with Crippen LogP contribution in [0.15, 0.2) is 66.7 Å². The molecule has 2 aliphatic rings.